The van der Waals surface area contributed by atoms with Crippen LogP contribution >= 0.6 is 31.9 Å². The fraction of sp³-hybridized carbons (Fsp3) is 0. The van der Waals surface area contributed by atoms with Gasteiger partial charge in [0.1, 0.15) is 10.6 Å². The molecule has 12 heteroatoms. The molecule has 0 saturated carbocycles. The predicted octanol–water partition coefficient (Wildman–Crippen LogP) is 5.36. The van der Waals surface area contributed by atoms with Gasteiger partial charge in [-0.25, -0.2) is 13.3 Å². The Kier molecular flexibility index (Phi) is 6.73. The Balaban J connectivity index is 1.81. The van der Waals surface area contributed by atoms with Crippen molar-refractivity contribution in [1.82, 2.24) is 0 Å². The fourth-order valence-electron chi connectivity index (χ4n) is 3.02. The number of anilines is 2. The van der Waals surface area contributed by atoms with Gasteiger partial charge in [0.2, 0.25) is 0 Å². The van der Waals surface area contributed by atoms with Gasteiger partial charge in [-0.05, 0) is 48.5 Å². The van der Waals surface area contributed by atoms with Crippen LogP contribution in [-0.2, 0) is 21.4 Å². The highest BCUT2D eigenvalue weighted by molar-refractivity contribution is 9.10. The lowest BCUT2D eigenvalue weighted by Crippen LogP contribution is -2.24. The van der Waals surface area contributed by atoms with E-state index in [0.717, 1.165) is 4.31 Å². The maximum atomic E-state index is 12.8. The van der Waals surface area contributed by atoms with Crippen molar-refractivity contribution in [1.29, 1.82) is 0 Å². The first-order chi connectivity index (χ1) is 15.7. The summed E-state index contributed by atoms with van der Waals surface area (Å²) in [6.45, 7) is 0. The van der Waals surface area contributed by atoms with Crippen molar-refractivity contribution in [2.45, 2.75) is 4.90 Å². The van der Waals surface area contributed by atoms with E-state index >= 15 is 0 Å². The van der Waals surface area contributed by atoms with E-state index < -0.39 is 27.0 Å². The third kappa shape index (κ3) is 5.04. The zero-order chi connectivity index (χ0) is 23.8. The molecule has 0 amide bonds. The summed E-state index contributed by atoms with van der Waals surface area (Å²) in [7, 11) is -4.22. The van der Waals surface area contributed by atoms with Crippen molar-refractivity contribution < 1.29 is 25.8 Å². The molecule has 4 aromatic rings. The van der Waals surface area contributed by atoms with Crippen LogP contribution in [0.2, 0.25) is 0 Å². The zero-order valence-corrected chi connectivity index (χ0v) is 21.1. The third-order valence-electron chi connectivity index (χ3n) is 4.41. The summed E-state index contributed by atoms with van der Waals surface area (Å²) in [5, 5.41) is 0.289. The average molecular weight is 615 g/mol. The second-order valence-electron chi connectivity index (χ2n) is 6.59. The molecule has 0 aliphatic rings. The van der Waals surface area contributed by atoms with Gasteiger partial charge in [-0.1, -0.05) is 56.1 Å². The van der Waals surface area contributed by atoms with Gasteiger partial charge >= 0.3 is 15.7 Å². The normalized spacial score (nSPS) is 12.5. The van der Waals surface area contributed by atoms with Gasteiger partial charge in [-0.15, -0.1) is 0 Å². The number of hydrogen-bond acceptors (Lipinski definition) is 6. The van der Waals surface area contributed by atoms with E-state index in [4.69, 9.17) is 8.60 Å². The number of rotatable bonds is 6. The molecular formula is C21H13Br2NO7S2. The van der Waals surface area contributed by atoms with E-state index in [-0.39, 0.29) is 33.0 Å². The summed E-state index contributed by atoms with van der Waals surface area (Å²) < 4.78 is 60.0. The topological polar surface area (TPSA) is 114 Å². The molecule has 1 heterocycles. The van der Waals surface area contributed by atoms with E-state index in [2.05, 4.69) is 31.9 Å². The molecule has 1 N–H and O–H groups in total. The highest BCUT2D eigenvalue weighted by Gasteiger charge is 2.23. The Bertz CT molecular complexity index is 1550. The fourth-order valence-corrected chi connectivity index (χ4v) is 5.53. The molecule has 8 nitrogen and oxygen atoms in total. The second-order valence-corrected chi connectivity index (χ2v) is 10.8. The maximum absolute atomic E-state index is 12.8. The zero-order valence-electron chi connectivity index (χ0n) is 16.3. The SMILES string of the molecule is O=c1oc2c(OS(=O)(=O)c3cccc(Br)c3)cccc2cc1N(c1cccc(Br)c1)S(=O)O. The smallest absolute Gasteiger partial charge is 0.361 e. The Labute approximate surface area is 207 Å². The number of nitrogens with zero attached hydrogens (tertiary/aromatic N) is 1. The standard InChI is InChI=1S/C21H13Br2NO7S2/c22-14-5-2-7-16(11-14)24(32(26)27)18-10-13-4-1-9-19(20(13)30-21(18)25)31-33(28,29)17-8-3-6-15(23)12-17/h1-12H,(H,26,27). The number of halogens is 2. The van der Waals surface area contributed by atoms with Crippen LogP contribution < -0.4 is 14.1 Å². The Morgan fingerprint density at radius 2 is 1.61 bits per heavy atom. The molecule has 170 valence electrons. The Morgan fingerprint density at radius 1 is 0.939 bits per heavy atom. The lowest BCUT2D eigenvalue weighted by molar-refractivity contribution is 0.475. The molecule has 0 saturated heterocycles. The Hall–Kier alpha value is -2.51. The molecule has 33 heavy (non-hydrogen) atoms. The monoisotopic (exact) mass is 613 g/mol. The molecule has 4 rings (SSSR count). The molecule has 0 radical (unpaired) electrons. The minimum absolute atomic E-state index is 0.0932. The minimum atomic E-state index is -4.22. The first-order valence-corrected chi connectivity index (χ1v) is 13.1. The van der Waals surface area contributed by atoms with Crippen LogP contribution in [0.4, 0.5) is 11.4 Å². The van der Waals surface area contributed by atoms with Gasteiger partial charge < -0.3 is 8.60 Å². The second kappa shape index (κ2) is 9.39. The van der Waals surface area contributed by atoms with Gasteiger partial charge in [-0.2, -0.15) is 8.42 Å². The van der Waals surface area contributed by atoms with Crippen molar-refractivity contribution in [3.8, 4) is 5.75 Å². The summed E-state index contributed by atoms with van der Waals surface area (Å²) in [5.41, 5.74) is -1.03. The van der Waals surface area contributed by atoms with Gasteiger partial charge in [0.15, 0.2) is 11.3 Å². The van der Waals surface area contributed by atoms with Crippen LogP contribution in [0.15, 0.2) is 95.8 Å². The van der Waals surface area contributed by atoms with Crippen molar-refractivity contribution in [2.75, 3.05) is 4.31 Å². The summed E-state index contributed by atoms with van der Waals surface area (Å²) >= 11 is 3.91. The highest BCUT2D eigenvalue weighted by atomic mass is 79.9. The van der Waals surface area contributed by atoms with Gasteiger partial charge in [0, 0.05) is 14.3 Å². The van der Waals surface area contributed by atoms with E-state index in [9.17, 15) is 22.0 Å². The Morgan fingerprint density at radius 3 is 2.27 bits per heavy atom. The van der Waals surface area contributed by atoms with Crippen LogP contribution in [0.25, 0.3) is 11.0 Å². The summed E-state index contributed by atoms with van der Waals surface area (Å²) in [6.07, 6.45) is 0. The molecule has 0 aliphatic carbocycles. The van der Waals surface area contributed by atoms with E-state index in [1.54, 1.807) is 42.5 Å². The average Bonchev–Trinajstić information content (AvgIpc) is 2.74. The van der Waals surface area contributed by atoms with E-state index in [1.165, 1.54) is 30.3 Å². The molecule has 0 fully saturated rings. The molecule has 1 atom stereocenters. The van der Waals surface area contributed by atoms with E-state index in [0.29, 0.717) is 8.95 Å². The quantitative estimate of drug-likeness (QED) is 0.177. The summed E-state index contributed by atoms with van der Waals surface area (Å²) in [5.74, 6) is -0.199. The lowest BCUT2D eigenvalue weighted by Gasteiger charge is -2.19. The molecule has 0 bridgehead atoms. The first kappa shape index (κ1) is 23.6. The van der Waals surface area contributed by atoms with Crippen LogP contribution in [0.5, 0.6) is 5.75 Å². The van der Waals surface area contributed by atoms with Crippen LogP contribution in [0, 0.1) is 0 Å². The van der Waals surface area contributed by atoms with Crippen molar-refractivity contribution >= 4 is 75.6 Å². The predicted molar refractivity (Wildman–Crippen MR) is 131 cm³/mol. The van der Waals surface area contributed by atoms with Crippen LogP contribution in [-0.4, -0.2) is 17.2 Å². The number of para-hydroxylation sites is 1. The largest absolute Gasteiger partial charge is 0.417 e. The minimum Gasteiger partial charge on any atom is -0.417 e. The van der Waals surface area contributed by atoms with Crippen LogP contribution in [0.3, 0.4) is 0 Å². The molecule has 1 aromatic heterocycles. The number of fused-ring (bicyclic) bond motifs is 1. The van der Waals surface area contributed by atoms with Gasteiger partial charge in [0.05, 0.1) is 5.69 Å². The van der Waals surface area contributed by atoms with Crippen molar-refractivity contribution in [3.05, 3.63) is 92.2 Å². The molecular weight excluding hydrogens is 602 g/mol. The van der Waals surface area contributed by atoms with Gasteiger partial charge in [0.25, 0.3) is 11.3 Å². The van der Waals surface area contributed by atoms with Crippen molar-refractivity contribution in [3.63, 3.8) is 0 Å². The number of benzene rings is 3. The van der Waals surface area contributed by atoms with Gasteiger partial charge in [-0.3, -0.25) is 4.55 Å². The maximum Gasteiger partial charge on any atom is 0.361 e. The highest BCUT2D eigenvalue weighted by Crippen LogP contribution is 2.33. The lowest BCUT2D eigenvalue weighted by atomic mass is 10.2. The summed E-state index contributed by atoms with van der Waals surface area (Å²) in [4.78, 5) is 12.7. The third-order valence-corrected chi connectivity index (χ3v) is 7.34. The number of hydrogen-bond donors (Lipinski definition) is 1. The van der Waals surface area contributed by atoms with E-state index in [1.807, 2.05) is 0 Å². The molecule has 1 unspecified atom stereocenters. The molecule has 0 spiro atoms. The molecule has 3 aromatic carbocycles. The van der Waals surface area contributed by atoms with Crippen molar-refractivity contribution in [2.24, 2.45) is 0 Å². The van der Waals surface area contributed by atoms with Crippen LogP contribution in [0.1, 0.15) is 0 Å². The summed E-state index contributed by atoms with van der Waals surface area (Å²) in [6, 6.07) is 18.2. The first-order valence-electron chi connectivity index (χ1n) is 9.09. The molecule has 0 aliphatic heterocycles.